The van der Waals surface area contributed by atoms with Crippen molar-refractivity contribution in [3.05, 3.63) is 83.9 Å². The largest absolute Gasteiger partial charge is 0.477 e. The zero-order chi connectivity index (χ0) is 21.4. The summed E-state index contributed by atoms with van der Waals surface area (Å²) in [6.07, 6.45) is -0.0801. The fourth-order valence-corrected chi connectivity index (χ4v) is 3.07. The van der Waals surface area contributed by atoms with Crippen LogP contribution in [-0.4, -0.2) is 30.3 Å². The Balaban J connectivity index is 1.83. The first-order valence-electron chi connectivity index (χ1n) is 9.90. The van der Waals surface area contributed by atoms with Crippen molar-refractivity contribution in [2.45, 2.75) is 25.9 Å². The lowest BCUT2D eigenvalue weighted by molar-refractivity contribution is 0.0930. The summed E-state index contributed by atoms with van der Waals surface area (Å²) >= 11 is 0. The molecule has 0 aliphatic heterocycles. The van der Waals surface area contributed by atoms with Crippen molar-refractivity contribution in [1.82, 2.24) is 5.43 Å². The molecule has 0 aromatic heterocycles. The molecule has 0 aliphatic carbocycles. The van der Waals surface area contributed by atoms with Crippen LogP contribution in [0.2, 0.25) is 0 Å². The maximum Gasteiger partial charge on any atom is 0.427 e. The average molecular weight is 406 g/mol. The van der Waals surface area contributed by atoms with Crippen molar-refractivity contribution in [3.8, 4) is 0 Å². The van der Waals surface area contributed by atoms with Crippen molar-refractivity contribution >= 4 is 22.8 Å². The highest BCUT2D eigenvalue weighted by atomic mass is 16.6. The number of aliphatic hydroxyl groups is 1. The predicted octanol–water partition coefficient (Wildman–Crippen LogP) is 4.37. The maximum atomic E-state index is 11.7. The van der Waals surface area contributed by atoms with Crippen LogP contribution in [0.5, 0.6) is 0 Å². The van der Waals surface area contributed by atoms with E-state index in [0.717, 1.165) is 16.3 Å². The summed E-state index contributed by atoms with van der Waals surface area (Å²) in [5, 5.41) is 17.4. The lowest BCUT2D eigenvalue weighted by Crippen LogP contribution is -2.37. The second-order valence-electron chi connectivity index (χ2n) is 6.97. The van der Waals surface area contributed by atoms with Crippen LogP contribution < -0.4 is 5.43 Å². The Morgan fingerprint density at radius 2 is 1.70 bits per heavy atom. The van der Waals surface area contributed by atoms with Gasteiger partial charge in [-0.3, -0.25) is 0 Å². The number of amides is 1. The minimum atomic E-state index is -1.56. The number of nitrogens with zero attached hydrogens (tertiary/aromatic N) is 1. The molecule has 6 nitrogen and oxygen atoms in total. The van der Waals surface area contributed by atoms with Crippen molar-refractivity contribution in [1.29, 1.82) is 0 Å². The molecule has 0 aliphatic rings. The minimum absolute atomic E-state index is 0.0123. The third kappa shape index (κ3) is 5.36. The van der Waals surface area contributed by atoms with E-state index in [1.165, 1.54) is 0 Å². The van der Waals surface area contributed by atoms with Gasteiger partial charge in [0.25, 0.3) is 0 Å². The van der Waals surface area contributed by atoms with E-state index in [-0.39, 0.29) is 19.1 Å². The topological polar surface area (TPSA) is 80.2 Å². The molecular formula is C24H26N2O4. The van der Waals surface area contributed by atoms with E-state index >= 15 is 0 Å². The van der Waals surface area contributed by atoms with Gasteiger partial charge >= 0.3 is 6.09 Å². The fraction of sp³-hybridized carbons (Fsp3) is 0.250. The third-order valence-electron chi connectivity index (χ3n) is 4.72. The van der Waals surface area contributed by atoms with Crippen molar-refractivity contribution in [3.63, 3.8) is 0 Å². The van der Waals surface area contributed by atoms with E-state index in [2.05, 4.69) is 10.5 Å². The first kappa shape index (κ1) is 21.3. The van der Waals surface area contributed by atoms with Crippen LogP contribution in [0.3, 0.4) is 0 Å². The standard InChI is InChI=1S/C24H26N2O4/c1-3-29-23(27)26-25-22(30-16-15-18-9-5-4-6-10-18)24(2,28)21-14-13-19-11-7-8-12-20(19)17-21/h4-14,17,28H,3,15-16H2,1-2H3,(H,26,27)/b25-22+. The second kappa shape index (κ2) is 9.89. The average Bonchev–Trinajstić information content (AvgIpc) is 2.76. The lowest BCUT2D eigenvalue weighted by Gasteiger charge is -2.26. The van der Waals surface area contributed by atoms with Gasteiger partial charge in [0.1, 0.15) is 0 Å². The van der Waals surface area contributed by atoms with E-state index in [4.69, 9.17) is 9.47 Å². The van der Waals surface area contributed by atoms with Gasteiger partial charge in [0.15, 0.2) is 5.60 Å². The minimum Gasteiger partial charge on any atom is -0.477 e. The van der Waals surface area contributed by atoms with Gasteiger partial charge in [-0.15, -0.1) is 5.10 Å². The van der Waals surface area contributed by atoms with Gasteiger partial charge in [-0.1, -0.05) is 66.7 Å². The Labute approximate surface area is 176 Å². The summed E-state index contributed by atoms with van der Waals surface area (Å²) < 4.78 is 10.7. The fourth-order valence-electron chi connectivity index (χ4n) is 3.07. The quantitative estimate of drug-likeness (QED) is 0.347. The zero-order valence-corrected chi connectivity index (χ0v) is 17.2. The molecule has 3 rings (SSSR count). The Bertz CT molecular complexity index is 1020. The number of ether oxygens (including phenoxy) is 2. The number of hydrogen-bond acceptors (Lipinski definition) is 5. The summed E-state index contributed by atoms with van der Waals surface area (Å²) in [6, 6.07) is 23.4. The summed E-state index contributed by atoms with van der Waals surface area (Å²) in [5.41, 5.74) is 2.43. The third-order valence-corrected chi connectivity index (χ3v) is 4.72. The molecule has 30 heavy (non-hydrogen) atoms. The molecule has 3 aromatic carbocycles. The summed E-state index contributed by atoms with van der Waals surface area (Å²) in [7, 11) is 0. The number of hydrazone groups is 1. The molecule has 1 unspecified atom stereocenters. The monoisotopic (exact) mass is 406 g/mol. The first-order valence-corrected chi connectivity index (χ1v) is 9.90. The molecule has 0 heterocycles. The van der Waals surface area contributed by atoms with E-state index in [1.807, 2.05) is 72.8 Å². The number of carbonyl (C=O) groups excluding carboxylic acids is 1. The smallest absolute Gasteiger partial charge is 0.427 e. The Morgan fingerprint density at radius 3 is 2.43 bits per heavy atom. The van der Waals surface area contributed by atoms with Crippen LogP contribution in [0.4, 0.5) is 4.79 Å². The van der Waals surface area contributed by atoms with Crippen LogP contribution in [0.25, 0.3) is 10.8 Å². The lowest BCUT2D eigenvalue weighted by atomic mass is 9.93. The molecule has 0 fully saturated rings. The molecule has 0 bridgehead atoms. The number of carbonyl (C=O) groups is 1. The molecule has 3 aromatic rings. The Hall–Kier alpha value is -3.38. The van der Waals surface area contributed by atoms with E-state index in [9.17, 15) is 9.90 Å². The molecule has 0 radical (unpaired) electrons. The number of fused-ring (bicyclic) bond motifs is 1. The number of hydrogen-bond donors (Lipinski definition) is 2. The molecule has 2 N–H and O–H groups in total. The molecule has 1 amide bonds. The Kier molecular flexibility index (Phi) is 7.03. The number of nitrogens with one attached hydrogen (secondary N) is 1. The number of rotatable bonds is 7. The van der Waals surface area contributed by atoms with Crippen molar-refractivity contribution in [2.24, 2.45) is 5.10 Å². The molecule has 0 spiro atoms. The summed E-state index contributed by atoms with van der Waals surface area (Å²) in [5.74, 6) is -0.0123. The van der Waals surface area contributed by atoms with Crippen LogP contribution in [0.1, 0.15) is 25.0 Å². The van der Waals surface area contributed by atoms with Gasteiger partial charge in [-0.2, -0.15) is 0 Å². The molecule has 1 atom stereocenters. The van der Waals surface area contributed by atoms with Gasteiger partial charge in [-0.25, -0.2) is 10.2 Å². The SMILES string of the molecule is CCOC(=O)N/N=C(/OCCc1ccccc1)C(C)(O)c1ccc2ccccc2c1. The van der Waals surface area contributed by atoms with E-state index in [0.29, 0.717) is 12.0 Å². The molecule has 0 saturated heterocycles. The van der Waals surface area contributed by atoms with Crippen molar-refractivity contribution in [2.75, 3.05) is 13.2 Å². The number of benzene rings is 3. The highest BCUT2D eigenvalue weighted by Gasteiger charge is 2.33. The zero-order valence-electron chi connectivity index (χ0n) is 17.2. The van der Waals surface area contributed by atoms with Crippen LogP contribution >= 0.6 is 0 Å². The first-order chi connectivity index (χ1) is 14.5. The second-order valence-corrected chi connectivity index (χ2v) is 6.97. The van der Waals surface area contributed by atoms with Crippen LogP contribution in [-0.2, 0) is 21.5 Å². The summed E-state index contributed by atoms with van der Waals surface area (Å²) in [4.78, 5) is 11.7. The highest BCUT2D eigenvalue weighted by Crippen LogP contribution is 2.27. The van der Waals surface area contributed by atoms with Gasteiger partial charge < -0.3 is 14.6 Å². The Morgan fingerprint density at radius 1 is 1.00 bits per heavy atom. The molecule has 156 valence electrons. The van der Waals surface area contributed by atoms with Gasteiger partial charge in [0.2, 0.25) is 5.90 Å². The normalized spacial score (nSPS) is 13.5. The van der Waals surface area contributed by atoms with Crippen molar-refractivity contribution < 1.29 is 19.4 Å². The van der Waals surface area contributed by atoms with Gasteiger partial charge in [0.05, 0.1) is 13.2 Å². The van der Waals surface area contributed by atoms with Gasteiger partial charge in [0, 0.05) is 6.42 Å². The molecule has 0 saturated carbocycles. The van der Waals surface area contributed by atoms with Crippen LogP contribution in [0.15, 0.2) is 77.9 Å². The molecular weight excluding hydrogens is 380 g/mol. The summed E-state index contributed by atoms with van der Waals surface area (Å²) in [6.45, 7) is 3.79. The molecule has 6 heteroatoms. The van der Waals surface area contributed by atoms with Gasteiger partial charge in [-0.05, 0) is 41.8 Å². The highest BCUT2D eigenvalue weighted by molar-refractivity contribution is 5.90. The maximum absolute atomic E-state index is 11.7. The van der Waals surface area contributed by atoms with Crippen LogP contribution in [0, 0.1) is 0 Å². The van der Waals surface area contributed by atoms with E-state index < -0.39 is 11.7 Å². The van der Waals surface area contributed by atoms with E-state index in [1.54, 1.807) is 13.8 Å². The predicted molar refractivity (Wildman–Crippen MR) is 117 cm³/mol.